The summed E-state index contributed by atoms with van der Waals surface area (Å²) in [5.74, 6) is 1.52. The molecule has 3 unspecified atom stereocenters. The summed E-state index contributed by atoms with van der Waals surface area (Å²) in [5, 5.41) is 6.85. The van der Waals surface area contributed by atoms with E-state index in [-0.39, 0.29) is 5.91 Å². The molecule has 0 saturated heterocycles. The summed E-state index contributed by atoms with van der Waals surface area (Å²) < 4.78 is 0. The molecule has 4 heteroatoms. The lowest BCUT2D eigenvalue weighted by Gasteiger charge is -2.32. The predicted octanol–water partition coefficient (Wildman–Crippen LogP) is 3.69. The van der Waals surface area contributed by atoms with Crippen molar-refractivity contribution in [3.8, 4) is 0 Å². The maximum atomic E-state index is 11.9. The third-order valence-electron chi connectivity index (χ3n) is 4.26. The third kappa shape index (κ3) is 4.50. The van der Waals surface area contributed by atoms with E-state index in [1.165, 1.54) is 6.42 Å². The Kier molecular flexibility index (Phi) is 5.44. The minimum atomic E-state index is -0.0152. The smallest absolute Gasteiger partial charge is 0.238 e. The Hall–Kier alpha value is -1.06. The number of hydrogen-bond donors (Lipinski definition) is 2. The van der Waals surface area contributed by atoms with Gasteiger partial charge in [-0.3, -0.25) is 4.79 Å². The molecule has 1 fully saturated rings. The van der Waals surface area contributed by atoms with Gasteiger partial charge in [-0.05, 0) is 49.3 Å². The first-order valence-electron chi connectivity index (χ1n) is 7.33. The standard InChI is InChI=1S/C16H23ClN2O/c1-11-6-7-14(8-12(11)2)18-10-16(20)19-15-5-3-4-13(17)9-15/h3-5,9,11-12,14,18H,6-8,10H2,1-2H3,(H,19,20). The van der Waals surface area contributed by atoms with Crippen molar-refractivity contribution >= 4 is 23.2 Å². The van der Waals surface area contributed by atoms with Crippen LogP contribution in [0.4, 0.5) is 5.69 Å². The molecule has 0 spiro atoms. The fraction of sp³-hybridized carbons (Fsp3) is 0.562. The van der Waals surface area contributed by atoms with E-state index in [0.29, 0.717) is 17.6 Å². The molecule has 2 N–H and O–H groups in total. The van der Waals surface area contributed by atoms with Gasteiger partial charge in [0, 0.05) is 16.8 Å². The summed E-state index contributed by atoms with van der Waals surface area (Å²) in [6, 6.07) is 7.68. The van der Waals surface area contributed by atoms with Gasteiger partial charge in [-0.25, -0.2) is 0 Å². The van der Waals surface area contributed by atoms with Crippen molar-refractivity contribution in [1.29, 1.82) is 0 Å². The van der Waals surface area contributed by atoms with E-state index in [1.54, 1.807) is 12.1 Å². The van der Waals surface area contributed by atoms with Gasteiger partial charge in [0.05, 0.1) is 6.54 Å². The SMILES string of the molecule is CC1CCC(NCC(=O)Nc2cccc(Cl)c2)CC1C. The minimum Gasteiger partial charge on any atom is -0.325 e. The molecule has 1 amide bonds. The minimum absolute atomic E-state index is 0.0152. The van der Waals surface area contributed by atoms with Crippen molar-refractivity contribution in [2.75, 3.05) is 11.9 Å². The van der Waals surface area contributed by atoms with E-state index in [1.807, 2.05) is 12.1 Å². The molecular weight excluding hydrogens is 272 g/mol. The second-order valence-electron chi connectivity index (χ2n) is 5.90. The van der Waals surface area contributed by atoms with Gasteiger partial charge < -0.3 is 10.6 Å². The summed E-state index contributed by atoms with van der Waals surface area (Å²) >= 11 is 5.89. The molecule has 3 atom stereocenters. The molecule has 1 aliphatic carbocycles. The molecule has 110 valence electrons. The number of carbonyl (C=O) groups is 1. The maximum absolute atomic E-state index is 11.9. The molecule has 0 heterocycles. The van der Waals surface area contributed by atoms with Gasteiger partial charge in [0.25, 0.3) is 0 Å². The highest BCUT2D eigenvalue weighted by atomic mass is 35.5. The van der Waals surface area contributed by atoms with Gasteiger partial charge in [0.1, 0.15) is 0 Å². The average Bonchev–Trinajstić information content (AvgIpc) is 2.40. The number of hydrogen-bond acceptors (Lipinski definition) is 2. The van der Waals surface area contributed by atoms with E-state index < -0.39 is 0 Å². The van der Waals surface area contributed by atoms with Crippen LogP contribution in [-0.4, -0.2) is 18.5 Å². The number of carbonyl (C=O) groups excluding carboxylic acids is 1. The first kappa shape index (κ1) is 15.3. The molecule has 1 aliphatic rings. The van der Waals surface area contributed by atoms with Crippen LogP contribution in [0, 0.1) is 11.8 Å². The van der Waals surface area contributed by atoms with Crippen LogP contribution in [0.2, 0.25) is 5.02 Å². The summed E-state index contributed by atoms with van der Waals surface area (Å²) in [7, 11) is 0. The van der Waals surface area contributed by atoms with Crippen molar-refractivity contribution in [3.05, 3.63) is 29.3 Å². The number of amides is 1. The monoisotopic (exact) mass is 294 g/mol. The van der Waals surface area contributed by atoms with Gasteiger partial charge in [-0.15, -0.1) is 0 Å². The fourth-order valence-corrected chi connectivity index (χ4v) is 2.93. The Balaban J connectivity index is 1.75. The third-order valence-corrected chi connectivity index (χ3v) is 4.49. The van der Waals surface area contributed by atoms with Crippen molar-refractivity contribution in [2.45, 2.75) is 39.2 Å². The van der Waals surface area contributed by atoms with Crippen LogP contribution in [0.25, 0.3) is 0 Å². The highest BCUT2D eigenvalue weighted by Gasteiger charge is 2.24. The van der Waals surface area contributed by atoms with Crippen molar-refractivity contribution in [2.24, 2.45) is 11.8 Å². The Morgan fingerprint density at radius 1 is 1.30 bits per heavy atom. The van der Waals surface area contributed by atoms with Gasteiger partial charge >= 0.3 is 0 Å². The van der Waals surface area contributed by atoms with E-state index in [9.17, 15) is 4.79 Å². The number of rotatable bonds is 4. The van der Waals surface area contributed by atoms with Crippen LogP contribution in [0.5, 0.6) is 0 Å². The van der Waals surface area contributed by atoms with Crippen LogP contribution < -0.4 is 10.6 Å². The van der Waals surface area contributed by atoms with Crippen LogP contribution in [-0.2, 0) is 4.79 Å². The predicted molar refractivity (Wildman–Crippen MR) is 84.1 cm³/mol. The summed E-state index contributed by atoms with van der Waals surface area (Å²) in [5.41, 5.74) is 0.745. The molecule has 0 radical (unpaired) electrons. The number of halogens is 1. The topological polar surface area (TPSA) is 41.1 Å². The molecule has 0 aliphatic heterocycles. The number of benzene rings is 1. The molecule has 0 aromatic heterocycles. The zero-order valence-electron chi connectivity index (χ0n) is 12.2. The zero-order valence-corrected chi connectivity index (χ0v) is 12.9. The van der Waals surface area contributed by atoms with Crippen LogP contribution >= 0.6 is 11.6 Å². The summed E-state index contributed by atoms with van der Waals surface area (Å²) in [4.78, 5) is 11.9. The molecular formula is C16H23ClN2O. The lowest BCUT2D eigenvalue weighted by Crippen LogP contribution is -2.40. The fourth-order valence-electron chi connectivity index (χ4n) is 2.74. The maximum Gasteiger partial charge on any atom is 0.238 e. The number of anilines is 1. The van der Waals surface area contributed by atoms with Gasteiger partial charge in [0.15, 0.2) is 0 Å². The Morgan fingerprint density at radius 3 is 2.80 bits per heavy atom. The Morgan fingerprint density at radius 2 is 2.10 bits per heavy atom. The van der Waals surface area contributed by atoms with E-state index >= 15 is 0 Å². The van der Waals surface area contributed by atoms with Gasteiger partial charge in [0.2, 0.25) is 5.91 Å². The van der Waals surface area contributed by atoms with Gasteiger partial charge in [-0.1, -0.05) is 31.5 Å². The normalized spacial score (nSPS) is 26.2. The molecule has 1 aromatic carbocycles. The zero-order chi connectivity index (χ0) is 14.5. The lowest BCUT2D eigenvalue weighted by molar-refractivity contribution is -0.115. The first-order valence-corrected chi connectivity index (χ1v) is 7.71. The molecule has 3 nitrogen and oxygen atoms in total. The first-order chi connectivity index (χ1) is 9.54. The van der Waals surface area contributed by atoms with Crippen LogP contribution in [0.1, 0.15) is 33.1 Å². The quantitative estimate of drug-likeness (QED) is 0.889. The largest absolute Gasteiger partial charge is 0.325 e. The number of nitrogens with one attached hydrogen (secondary N) is 2. The average molecular weight is 295 g/mol. The highest BCUT2D eigenvalue weighted by molar-refractivity contribution is 6.30. The molecule has 1 saturated carbocycles. The van der Waals surface area contributed by atoms with E-state index in [2.05, 4.69) is 24.5 Å². The molecule has 20 heavy (non-hydrogen) atoms. The van der Waals surface area contributed by atoms with Crippen LogP contribution in [0.15, 0.2) is 24.3 Å². The van der Waals surface area contributed by atoms with Crippen molar-refractivity contribution in [1.82, 2.24) is 5.32 Å². The highest BCUT2D eigenvalue weighted by Crippen LogP contribution is 2.29. The van der Waals surface area contributed by atoms with E-state index in [4.69, 9.17) is 11.6 Å². The van der Waals surface area contributed by atoms with Crippen molar-refractivity contribution < 1.29 is 4.79 Å². The van der Waals surface area contributed by atoms with E-state index in [0.717, 1.165) is 30.4 Å². The lowest BCUT2D eigenvalue weighted by atomic mass is 9.79. The molecule has 2 rings (SSSR count). The molecule has 1 aromatic rings. The second kappa shape index (κ2) is 7.09. The Labute approximate surface area is 126 Å². The summed E-state index contributed by atoms with van der Waals surface area (Å²) in [6.45, 7) is 4.97. The molecule has 0 bridgehead atoms. The van der Waals surface area contributed by atoms with Gasteiger partial charge in [-0.2, -0.15) is 0 Å². The summed E-state index contributed by atoms with van der Waals surface area (Å²) in [6.07, 6.45) is 3.57. The van der Waals surface area contributed by atoms with Crippen LogP contribution in [0.3, 0.4) is 0 Å². The Bertz CT molecular complexity index is 464. The van der Waals surface area contributed by atoms with Crippen molar-refractivity contribution in [3.63, 3.8) is 0 Å². The second-order valence-corrected chi connectivity index (χ2v) is 6.34.